The van der Waals surface area contributed by atoms with E-state index in [2.05, 4.69) is 11.8 Å². The SMILES string of the molecule is CCCN(CC(=O)c1ccccc1OCC)C1CC1. The van der Waals surface area contributed by atoms with E-state index >= 15 is 0 Å². The zero-order chi connectivity index (χ0) is 13.7. The molecule has 3 heteroatoms. The highest BCUT2D eigenvalue weighted by atomic mass is 16.5. The van der Waals surface area contributed by atoms with Crippen molar-refractivity contribution in [3.63, 3.8) is 0 Å². The quantitative estimate of drug-likeness (QED) is 0.673. The van der Waals surface area contributed by atoms with Crippen LogP contribution in [0.5, 0.6) is 5.75 Å². The van der Waals surface area contributed by atoms with E-state index in [-0.39, 0.29) is 5.78 Å². The van der Waals surface area contributed by atoms with Gasteiger partial charge in [0.2, 0.25) is 0 Å². The lowest BCUT2D eigenvalue weighted by Gasteiger charge is -2.20. The third-order valence-corrected chi connectivity index (χ3v) is 3.41. The Kier molecular flexibility index (Phi) is 4.97. The van der Waals surface area contributed by atoms with E-state index in [1.165, 1.54) is 12.8 Å². The number of ether oxygens (including phenoxy) is 1. The van der Waals surface area contributed by atoms with Gasteiger partial charge in [-0.25, -0.2) is 0 Å². The van der Waals surface area contributed by atoms with Crippen LogP contribution >= 0.6 is 0 Å². The molecule has 0 aliphatic heterocycles. The summed E-state index contributed by atoms with van der Waals surface area (Å²) in [5.74, 6) is 0.881. The van der Waals surface area contributed by atoms with E-state index in [0.29, 0.717) is 30.5 Å². The second-order valence-corrected chi connectivity index (χ2v) is 5.05. The van der Waals surface area contributed by atoms with Crippen molar-refractivity contribution in [2.24, 2.45) is 0 Å². The summed E-state index contributed by atoms with van der Waals surface area (Å²) < 4.78 is 5.54. The summed E-state index contributed by atoms with van der Waals surface area (Å²) in [6, 6.07) is 8.18. The standard InChI is InChI=1S/C16H23NO2/c1-3-11-17(13-9-10-13)12-15(18)14-7-5-6-8-16(14)19-4-2/h5-8,13H,3-4,9-12H2,1-2H3. The lowest BCUT2D eigenvalue weighted by molar-refractivity contribution is 0.0921. The van der Waals surface area contributed by atoms with Gasteiger partial charge in [0, 0.05) is 6.04 Å². The molecule has 0 saturated heterocycles. The van der Waals surface area contributed by atoms with Gasteiger partial charge in [-0.15, -0.1) is 0 Å². The average molecular weight is 261 g/mol. The molecular formula is C16H23NO2. The van der Waals surface area contributed by atoms with Gasteiger partial charge in [0.25, 0.3) is 0 Å². The second-order valence-electron chi connectivity index (χ2n) is 5.05. The smallest absolute Gasteiger partial charge is 0.180 e. The largest absolute Gasteiger partial charge is 0.493 e. The molecule has 0 heterocycles. The van der Waals surface area contributed by atoms with Crippen molar-refractivity contribution in [1.29, 1.82) is 0 Å². The van der Waals surface area contributed by atoms with Crippen LogP contribution in [0.1, 0.15) is 43.5 Å². The lowest BCUT2D eigenvalue weighted by Crippen LogP contribution is -2.32. The van der Waals surface area contributed by atoms with Crippen molar-refractivity contribution in [2.75, 3.05) is 19.7 Å². The number of hydrogen-bond donors (Lipinski definition) is 0. The molecule has 1 aliphatic rings. The first kappa shape index (κ1) is 14.1. The summed E-state index contributed by atoms with van der Waals surface area (Å²) in [6.45, 7) is 6.21. The first-order valence-corrected chi connectivity index (χ1v) is 7.25. The van der Waals surface area contributed by atoms with Gasteiger partial charge in [-0.1, -0.05) is 19.1 Å². The Morgan fingerprint density at radius 1 is 1.32 bits per heavy atom. The molecule has 104 valence electrons. The summed E-state index contributed by atoms with van der Waals surface area (Å²) in [6.07, 6.45) is 3.57. The number of hydrogen-bond acceptors (Lipinski definition) is 3. The molecule has 0 unspecified atom stereocenters. The summed E-state index contributed by atoms with van der Waals surface area (Å²) in [5.41, 5.74) is 0.714. The third-order valence-electron chi connectivity index (χ3n) is 3.41. The highest BCUT2D eigenvalue weighted by Crippen LogP contribution is 2.28. The predicted molar refractivity (Wildman–Crippen MR) is 76.8 cm³/mol. The maximum absolute atomic E-state index is 12.4. The van der Waals surface area contributed by atoms with Crippen LogP contribution in [0.15, 0.2) is 24.3 Å². The molecule has 0 bridgehead atoms. The predicted octanol–water partition coefficient (Wildman–Crippen LogP) is 3.14. The van der Waals surface area contributed by atoms with Crippen molar-refractivity contribution in [1.82, 2.24) is 4.90 Å². The number of rotatable bonds is 8. The van der Waals surface area contributed by atoms with Crippen LogP contribution in [0.4, 0.5) is 0 Å². The van der Waals surface area contributed by atoms with Gasteiger partial charge < -0.3 is 4.74 Å². The van der Waals surface area contributed by atoms with Gasteiger partial charge in [0.05, 0.1) is 18.7 Å². The van der Waals surface area contributed by atoms with Crippen molar-refractivity contribution in [3.05, 3.63) is 29.8 Å². The summed E-state index contributed by atoms with van der Waals surface area (Å²) in [4.78, 5) is 14.7. The molecule has 1 aliphatic carbocycles. The molecule has 0 spiro atoms. The number of carbonyl (C=O) groups is 1. The fourth-order valence-electron chi connectivity index (χ4n) is 2.37. The molecule has 0 radical (unpaired) electrons. The zero-order valence-electron chi connectivity index (χ0n) is 11.9. The Bertz CT molecular complexity index is 427. The van der Waals surface area contributed by atoms with Crippen molar-refractivity contribution < 1.29 is 9.53 Å². The summed E-state index contributed by atoms with van der Waals surface area (Å²) in [5, 5.41) is 0. The Hall–Kier alpha value is -1.35. The van der Waals surface area contributed by atoms with Gasteiger partial charge in [-0.3, -0.25) is 9.69 Å². The Balaban J connectivity index is 2.05. The maximum atomic E-state index is 12.4. The van der Waals surface area contributed by atoms with Crippen LogP contribution in [0.25, 0.3) is 0 Å². The van der Waals surface area contributed by atoms with Crippen LogP contribution in [-0.2, 0) is 0 Å². The van der Waals surface area contributed by atoms with E-state index in [1.54, 1.807) is 0 Å². The Morgan fingerprint density at radius 2 is 2.05 bits per heavy atom. The molecule has 1 aromatic rings. The molecule has 2 rings (SSSR count). The monoisotopic (exact) mass is 261 g/mol. The molecule has 1 saturated carbocycles. The maximum Gasteiger partial charge on any atom is 0.180 e. The molecule has 0 amide bonds. The molecule has 19 heavy (non-hydrogen) atoms. The normalized spacial score (nSPS) is 14.7. The second kappa shape index (κ2) is 6.71. The van der Waals surface area contributed by atoms with Gasteiger partial charge in [0.1, 0.15) is 5.75 Å². The molecule has 0 N–H and O–H groups in total. The first-order valence-electron chi connectivity index (χ1n) is 7.25. The lowest BCUT2D eigenvalue weighted by atomic mass is 10.1. The molecule has 1 fully saturated rings. The van der Waals surface area contributed by atoms with Crippen LogP contribution in [0.3, 0.4) is 0 Å². The zero-order valence-corrected chi connectivity index (χ0v) is 11.9. The molecular weight excluding hydrogens is 238 g/mol. The van der Waals surface area contributed by atoms with E-state index in [0.717, 1.165) is 13.0 Å². The molecule has 1 aromatic carbocycles. The fourth-order valence-corrected chi connectivity index (χ4v) is 2.37. The molecule has 0 atom stereocenters. The van der Waals surface area contributed by atoms with E-state index in [4.69, 9.17) is 4.74 Å². The highest BCUT2D eigenvalue weighted by molar-refractivity contribution is 6.00. The van der Waals surface area contributed by atoms with Gasteiger partial charge in [-0.05, 0) is 44.9 Å². The minimum absolute atomic E-state index is 0.171. The summed E-state index contributed by atoms with van der Waals surface area (Å²) >= 11 is 0. The average Bonchev–Trinajstić information content (AvgIpc) is 3.23. The topological polar surface area (TPSA) is 29.5 Å². The Labute approximate surface area is 115 Å². The minimum atomic E-state index is 0.171. The van der Waals surface area contributed by atoms with Crippen LogP contribution in [-0.4, -0.2) is 36.4 Å². The summed E-state index contributed by atoms with van der Waals surface area (Å²) in [7, 11) is 0. The van der Waals surface area contributed by atoms with Crippen LogP contribution < -0.4 is 4.74 Å². The van der Waals surface area contributed by atoms with Crippen molar-refractivity contribution in [2.45, 2.75) is 39.2 Å². The number of nitrogens with zero attached hydrogens (tertiary/aromatic N) is 1. The van der Waals surface area contributed by atoms with E-state index in [1.807, 2.05) is 31.2 Å². The van der Waals surface area contributed by atoms with Crippen LogP contribution in [0, 0.1) is 0 Å². The van der Waals surface area contributed by atoms with Gasteiger partial charge >= 0.3 is 0 Å². The van der Waals surface area contributed by atoms with Crippen molar-refractivity contribution in [3.8, 4) is 5.75 Å². The third kappa shape index (κ3) is 3.80. The number of carbonyl (C=O) groups excluding carboxylic acids is 1. The molecule has 0 aromatic heterocycles. The number of Topliss-reactive ketones (excluding diaryl/α,β-unsaturated/α-hetero) is 1. The highest BCUT2D eigenvalue weighted by Gasteiger charge is 2.30. The number of para-hydroxylation sites is 1. The minimum Gasteiger partial charge on any atom is -0.493 e. The first-order chi connectivity index (χ1) is 9.26. The van der Waals surface area contributed by atoms with Gasteiger partial charge in [-0.2, -0.15) is 0 Å². The van der Waals surface area contributed by atoms with E-state index in [9.17, 15) is 4.79 Å². The van der Waals surface area contributed by atoms with Gasteiger partial charge in [0.15, 0.2) is 5.78 Å². The van der Waals surface area contributed by atoms with Crippen LogP contribution in [0.2, 0.25) is 0 Å². The van der Waals surface area contributed by atoms with E-state index < -0.39 is 0 Å². The Morgan fingerprint density at radius 3 is 2.68 bits per heavy atom. The molecule has 3 nitrogen and oxygen atoms in total. The fraction of sp³-hybridized carbons (Fsp3) is 0.562. The number of benzene rings is 1. The number of ketones is 1. The van der Waals surface area contributed by atoms with Crippen molar-refractivity contribution >= 4 is 5.78 Å².